The van der Waals surface area contributed by atoms with Crippen LogP contribution in [0.15, 0.2) is 35.9 Å². The van der Waals surface area contributed by atoms with Crippen molar-refractivity contribution in [2.75, 3.05) is 6.61 Å². The van der Waals surface area contributed by atoms with Gasteiger partial charge in [0.25, 0.3) is 0 Å². The molecule has 1 rings (SSSR count). The molecule has 0 fully saturated rings. The van der Waals surface area contributed by atoms with Crippen molar-refractivity contribution in [2.45, 2.75) is 13.3 Å². The minimum atomic E-state index is -1.21. The molecule has 0 atom stereocenters. The quantitative estimate of drug-likeness (QED) is 0.468. The second kappa shape index (κ2) is 7.08. The van der Waals surface area contributed by atoms with Gasteiger partial charge in [-0.2, -0.15) is 0 Å². The molecule has 1 aromatic rings. The van der Waals surface area contributed by atoms with Gasteiger partial charge >= 0.3 is 17.9 Å². The lowest BCUT2D eigenvalue weighted by Crippen LogP contribution is -2.12. The van der Waals surface area contributed by atoms with Crippen molar-refractivity contribution in [3.63, 3.8) is 0 Å². The third-order valence-corrected chi connectivity index (χ3v) is 2.52. The molecule has 6 heteroatoms. The fourth-order valence-corrected chi connectivity index (χ4v) is 1.44. The van der Waals surface area contributed by atoms with E-state index in [0.717, 1.165) is 0 Å². The number of carboxylic acids is 2. The predicted molar refractivity (Wildman–Crippen MR) is 69.7 cm³/mol. The van der Waals surface area contributed by atoms with Gasteiger partial charge in [0, 0.05) is 12.0 Å². The highest BCUT2D eigenvalue weighted by Gasteiger charge is 2.16. The summed E-state index contributed by atoms with van der Waals surface area (Å²) in [5, 5.41) is 17.6. The van der Waals surface area contributed by atoms with Crippen molar-refractivity contribution in [1.29, 1.82) is 0 Å². The van der Waals surface area contributed by atoms with E-state index >= 15 is 0 Å². The summed E-state index contributed by atoms with van der Waals surface area (Å²) in [7, 11) is 0. The van der Waals surface area contributed by atoms with E-state index in [1.165, 1.54) is 37.3 Å². The van der Waals surface area contributed by atoms with Crippen LogP contribution in [-0.2, 0) is 9.53 Å². The van der Waals surface area contributed by atoms with E-state index in [9.17, 15) is 14.4 Å². The number of carbonyl (C=O) groups excluding carboxylic acids is 1. The fraction of sp³-hybridized carbons (Fsp3) is 0.214. The average molecular weight is 278 g/mol. The topological polar surface area (TPSA) is 101 Å². The van der Waals surface area contributed by atoms with E-state index in [0.29, 0.717) is 0 Å². The molecule has 0 amide bonds. The van der Waals surface area contributed by atoms with Crippen molar-refractivity contribution in [3.05, 3.63) is 47.0 Å². The van der Waals surface area contributed by atoms with Crippen LogP contribution in [0.4, 0.5) is 0 Å². The summed E-state index contributed by atoms with van der Waals surface area (Å²) in [5.41, 5.74) is 0.000629. The zero-order valence-corrected chi connectivity index (χ0v) is 10.8. The number of hydrogen-bond acceptors (Lipinski definition) is 4. The van der Waals surface area contributed by atoms with Crippen molar-refractivity contribution < 1.29 is 29.3 Å². The van der Waals surface area contributed by atoms with E-state index in [1.54, 1.807) is 0 Å². The molecule has 20 heavy (non-hydrogen) atoms. The van der Waals surface area contributed by atoms with Gasteiger partial charge in [0.05, 0.1) is 17.7 Å². The number of rotatable bonds is 6. The van der Waals surface area contributed by atoms with E-state index in [-0.39, 0.29) is 29.7 Å². The van der Waals surface area contributed by atoms with Gasteiger partial charge in [-0.05, 0) is 19.1 Å². The molecule has 0 aliphatic rings. The van der Waals surface area contributed by atoms with Gasteiger partial charge in [-0.1, -0.05) is 18.2 Å². The Morgan fingerprint density at radius 1 is 1.15 bits per heavy atom. The van der Waals surface area contributed by atoms with Crippen molar-refractivity contribution in [2.24, 2.45) is 0 Å². The summed E-state index contributed by atoms with van der Waals surface area (Å²) in [5.74, 6) is -2.99. The molecule has 106 valence electrons. The molecule has 1 aromatic carbocycles. The van der Waals surface area contributed by atoms with Crippen LogP contribution >= 0.6 is 0 Å². The van der Waals surface area contributed by atoms with E-state index in [1.807, 2.05) is 0 Å². The zero-order valence-electron chi connectivity index (χ0n) is 10.8. The lowest BCUT2D eigenvalue weighted by molar-refractivity contribution is -0.132. The molecular formula is C14H14O6. The summed E-state index contributed by atoms with van der Waals surface area (Å²) in [6, 6.07) is 5.73. The monoisotopic (exact) mass is 278 g/mol. The Morgan fingerprint density at radius 2 is 1.75 bits per heavy atom. The van der Waals surface area contributed by atoms with E-state index < -0.39 is 17.9 Å². The lowest BCUT2D eigenvalue weighted by Gasteiger charge is -2.06. The number of carbonyl (C=O) groups is 3. The van der Waals surface area contributed by atoms with Crippen LogP contribution in [0.25, 0.3) is 0 Å². The highest BCUT2D eigenvalue weighted by atomic mass is 16.5. The maximum Gasteiger partial charge on any atom is 0.339 e. The first kappa shape index (κ1) is 15.4. The van der Waals surface area contributed by atoms with Gasteiger partial charge in [0.15, 0.2) is 0 Å². The highest BCUT2D eigenvalue weighted by molar-refractivity contribution is 6.02. The Labute approximate surface area is 115 Å². The lowest BCUT2D eigenvalue weighted by atomic mass is 10.1. The summed E-state index contributed by atoms with van der Waals surface area (Å²) in [6.07, 6.45) is 1.68. The second-order valence-electron chi connectivity index (χ2n) is 3.97. The fourth-order valence-electron chi connectivity index (χ4n) is 1.44. The molecule has 0 bridgehead atoms. The number of ether oxygens (including phenoxy) is 1. The largest absolute Gasteiger partial charge is 0.478 e. The Bertz CT molecular complexity index is 559. The van der Waals surface area contributed by atoms with Gasteiger partial charge in [-0.3, -0.25) is 0 Å². The maximum absolute atomic E-state index is 11.7. The number of hydrogen-bond donors (Lipinski definition) is 2. The van der Waals surface area contributed by atoms with E-state index in [2.05, 4.69) is 0 Å². The van der Waals surface area contributed by atoms with Gasteiger partial charge in [-0.25, -0.2) is 14.4 Å². The van der Waals surface area contributed by atoms with E-state index in [4.69, 9.17) is 14.9 Å². The van der Waals surface area contributed by atoms with Gasteiger partial charge in [0.2, 0.25) is 0 Å². The Balaban J connectivity index is 2.63. The van der Waals surface area contributed by atoms with Crippen LogP contribution < -0.4 is 0 Å². The van der Waals surface area contributed by atoms with Gasteiger partial charge in [0.1, 0.15) is 0 Å². The first-order valence-corrected chi connectivity index (χ1v) is 5.83. The molecule has 6 nitrogen and oxygen atoms in total. The summed E-state index contributed by atoms with van der Waals surface area (Å²) >= 11 is 0. The molecule has 0 aromatic heterocycles. The van der Waals surface area contributed by atoms with Crippen LogP contribution in [0.5, 0.6) is 0 Å². The zero-order chi connectivity index (χ0) is 15.1. The van der Waals surface area contributed by atoms with Gasteiger partial charge in [-0.15, -0.1) is 0 Å². The van der Waals surface area contributed by atoms with Crippen LogP contribution in [0.1, 0.15) is 34.1 Å². The normalized spacial score (nSPS) is 10.9. The summed E-state index contributed by atoms with van der Waals surface area (Å²) < 4.78 is 4.91. The summed E-state index contributed by atoms with van der Waals surface area (Å²) in [4.78, 5) is 33.2. The molecular weight excluding hydrogens is 264 g/mol. The first-order chi connectivity index (χ1) is 9.43. The van der Waals surface area contributed by atoms with Crippen molar-refractivity contribution in [1.82, 2.24) is 0 Å². The molecule has 0 spiro atoms. The smallest absolute Gasteiger partial charge is 0.339 e. The molecule has 0 saturated heterocycles. The second-order valence-corrected chi connectivity index (χ2v) is 3.97. The minimum absolute atomic E-state index is 0.0165. The minimum Gasteiger partial charge on any atom is -0.478 e. The average Bonchev–Trinajstić information content (AvgIpc) is 2.42. The maximum atomic E-state index is 11.7. The van der Waals surface area contributed by atoms with Crippen LogP contribution in [0.3, 0.4) is 0 Å². The molecule has 0 aliphatic heterocycles. The first-order valence-electron chi connectivity index (χ1n) is 5.83. The van der Waals surface area contributed by atoms with Crippen LogP contribution in [0.2, 0.25) is 0 Å². The molecule has 0 unspecified atom stereocenters. The number of esters is 1. The Kier molecular flexibility index (Phi) is 5.46. The van der Waals surface area contributed by atoms with Crippen molar-refractivity contribution >= 4 is 17.9 Å². The van der Waals surface area contributed by atoms with Gasteiger partial charge < -0.3 is 14.9 Å². The molecule has 0 saturated carbocycles. The highest BCUT2D eigenvalue weighted by Crippen LogP contribution is 2.10. The number of carboxylic acid groups (broad SMARTS) is 2. The van der Waals surface area contributed by atoms with Crippen LogP contribution in [0, 0.1) is 0 Å². The SMILES string of the molecule is C/C(=C\CCOC(=O)c1ccccc1C(=O)O)C(=O)O. The van der Waals surface area contributed by atoms with Crippen molar-refractivity contribution in [3.8, 4) is 0 Å². The van der Waals surface area contributed by atoms with Crippen LogP contribution in [-0.4, -0.2) is 34.7 Å². The molecule has 0 radical (unpaired) electrons. The number of aromatic carboxylic acids is 1. The Morgan fingerprint density at radius 3 is 2.30 bits per heavy atom. The molecule has 0 aliphatic carbocycles. The summed E-state index contributed by atoms with van der Waals surface area (Å²) in [6.45, 7) is 1.42. The molecule has 0 heterocycles. The third-order valence-electron chi connectivity index (χ3n) is 2.52. The Hall–Kier alpha value is -2.63. The third kappa shape index (κ3) is 4.24. The number of benzene rings is 1. The standard InChI is InChI=1S/C14H14O6/c1-9(12(15)16)5-4-8-20-14(19)11-7-3-2-6-10(11)13(17)18/h2-3,5-7H,4,8H2,1H3,(H,15,16)(H,17,18)/b9-5+. The molecule has 2 N–H and O–H groups in total. The predicted octanol–water partition coefficient (Wildman–Crippen LogP) is 1.96. The number of aliphatic carboxylic acids is 1.